The third-order valence-corrected chi connectivity index (χ3v) is 5.39. The Kier molecular flexibility index (Phi) is 3.92. The quantitative estimate of drug-likeness (QED) is 0.624. The van der Waals surface area contributed by atoms with Gasteiger partial charge in [-0.3, -0.25) is 24.2 Å². The Morgan fingerprint density at radius 1 is 0.867 bits per heavy atom. The van der Waals surface area contributed by atoms with Crippen molar-refractivity contribution < 1.29 is 23.5 Å². The van der Waals surface area contributed by atoms with Crippen molar-refractivity contribution in [2.24, 2.45) is 0 Å². The predicted octanol–water partition coefficient (Wildman–Crippen LogP) is 3.85. The van der Waals surface area contributed by atoms with Crippen LogP contribution < -0.4 is 9.64 Å². The Morgan fingerprint density at radius 2 is 1.50 bits per heavy atom. The smallest absolute Gasteiger partial charge is 0.262 e. The molecule has 1 atom stereocenters. The van der Waals surface area contributed by atoms with Crippen molar-refractivity contribution in [2.75, 3.05) is 12.0 Å². The van der Waals surface area contributed by atoms with Gasteiger partial charge in [-0.15, -0.1) is 0 Å². The van der Waals surface area contributed by atoms with Crippen molar-refractivity contribution >= 4 is 29.1 Å². The molecule has 0 N–H and O–H groups in total. The molecule has 0 aliphatic carbocycles. The third kappa shape index (κ3) is 2.45. The van der Waals surface area contributed by atoms with Crippen molar-refractivity contribution in [2.45, 2.75) is 6.04 Å². The number of hydrogen-bond acceptors (Lipinski definition) is 4. The van der Waals surface area contributed by atoms with Crippen LogP contribution in [0.1, 0.15) is 32.3 Å². The molecule has 0 saturated heterocycles. The maximum absolute atomic E-state index is 13.5. The first-order valence-electron chi connectivity index (χ1n) is 9.25. The molecule has 0 spiro atoms. The van der Waals surface area contributed by atoms with Crippen LogP contribution in [0.15, 0.2) is 66.7 Å². The number of nitrogens with zero attached hydrogens (tertiary/aromatic N) is 2. The number of anilines is 2. The molecule has 7 heteroatoms. The average Bonchev–Trinajstić information content (AvgIpc) is 3.18. The highest BCUT2D eigenvalue weighted by atomic mass is 19.1. The summed E-state index contributed by atoms with van der Waals surface area (Å²) in [4.78, 5) is 42.0. The number of benzene rings is 3. The Balaban J connectivity index is 1.67. The summed E-state index contributed by atoms with van der Waals surface area (Å²) in [6, 6.07) is 15.8. The molecule has 30 heavy (non-hydrogen) atoms. The van der Waals surface area contributed by atoms with Crippen LogP contribution in [0.2, 0.25) is 0 Å². The predicted molar refractivity (Wildman–Crippen MR) is 106 cm³/mol. The number of carbonyl (C=O) groups is 3. The van der Waals surface area contributed by atoms with Gasteiger partial charge in [0.25, 0.3) is 17.7 Å². The first kappa shape index (κ1) is 18.1. The molecule has 0 radical (unpaired) electrons. The summed E-state index contributed by atoms with van der Waals surface area (Å²) in [7, 11) is 1.49. The van der Waals surface area contributed by atoms with Gasteiger partial charge in [-0.1, -0.05) is 12.1 Å². The van der Waals surface area contributed by atoms with Crippen molar-refractivity contribution in [3.05, 3.63) is 89.2 Å². The topological polar surface area (TPSA) is 66.9 Å². The Morgan fingerprint density at radius 3 is 2.10 bits per heavy atom. The minimum atomic E-state index is -1.15. The van der Waals surface area contributed by atoms with Crippen LogP contribution in [-0.2, 0) is 4.79 Å². The summed E-state index contributed by atoms with van der Waals surface area (Å²) in [6.07, 6.45) is 0. The van der Waals surface area contributed by atoms with Crippen LogP contribution in [0, 0.1) is 5.82 Å². The van der Waals surface area contributed by atoms with Crippen molar-refractivity contribution in [1.29, 1.82) is 0 Å². The van der Waals surface area contributed by atoms with Crippen LogP contribution in [0.5, 0.6) is 5.75 Å². The summed E-state index contributed by atoms with van der Waals surface area (Å²) >= 11 is 0. The second kappa shape index (κ2) is 6.52. The fourth-order valence-corrected chi connectivity index (χ4v) is 4.00. The first-order chi connectivity index (χ1) is 14.5. The molecule has 2 aliphatic heterocycles. The average molecular weight is 402 g/mol. The van der Waals surface area contributed by atoms with E-state index < -0.39 is 29.6 Å². The standard InChI is InChI=1S/C23H15FN2O4/c1-30-15-10-11-19-18(12-15)20(23(29)25(19)14-8-6-13(24)7-9-14)26-21(27)16-4-2-3-5-17(16)22(26)28/h2-12,20H,1H3. The molecule has 148 valence electrons. The number of ether oxygens (including phenoxy) is 1. The Labute approximate surface area is 171 Å². The van der Waals surface area contributed by atoms with Gasteiger partial charge in [0.2, 0.25) is 0 Å². The lowest BCUT2D eigenvalue weighted by atomic mass is 10.1. The summed E-state index contributed by atoms with van der Waals surface area (Å²) in [5.74, 6) is -1.46. The monoisotopic (exact) mass is 402 g/mol. The van der Waals surface area contributed by atoms with E-state index in [4.69, 9.17) is 4.74 Å². The Hall–Kier alpha value is -4.00. The fraction of sp³-hybridized carbons (Fsp3) is 0.0870. The van der Waals surface area contributed by atoms with Crippen LogP contribution in [0.4, 0.5) is 15.8 Å². The second-order valence-corrected chi connectivity index (χ2v) is 7.00. The van der Waals surface area contributed by atoms with Gasteiger partial charge in [0.1, 0.15) is 17.6 Å². The number of rotatable bonds is 3. The second-order valence-electron chi connectivity index (χ2n) is 7.00. The van der Waals surface area contributed by atoms with Crippen molar-refractivity contribution in [3.63, 3.8) is 0 Å². The number of hydrogen-bond donors (Lipinski definition) is 0. The number of imide groups is 1. The fourth-order valence-electron chi connectivity index (χ4n) is 4.00. The molecular formula is C23H15FN2O4. The first-order valence-corrected chi connectivity index (χ1v) is 9.25. The highest BCUT2D eigenvalue weighted by Crippen LogP contribution is 2.46. The number of methoxy groups -OCH3 is 1. The third-order valence-electron chi connectivity index (χ3n) is 5.39. The van der Waals surface area contributed by atoms with Crippen LogP contribution in [0.3, 0.4) is 0 Å². The molecule has 0 aromatic heterocycles. The highest BCUT2D eigenvalue weighted by Gasteiger charge is 2.49. The summed E-state index contributed by atoms with van der Waals surface area (Å²) in [5, 5.41) is 0. The molecule has 2 aliphatic rings. The number of halogens is 1. The van der Waals surface area contributed by atoms with Crippen LogP contribution in [-0.4, -0.2) is 29.7 Å². The van der Waals surface area contributed by atoms with Crippen molar-refractivity contribution in [3.8, 4) is 5.75 Å². The van der Waals surface area contributed by atoms with Gasteiger partial charge < -0.3 is 4.74 Å². The minimum absolute atomic E-state index is 0.264. The van der Waals surface area contributed by atoms with Gasteiger partial charge in [-0.2, -0.15) is 0 Å². The summed E-state index contributed by atoms with van der Waals surface area (Å²) in [6.45, 7) is 0. The SMILES string of the molecule is COc1ccc2c(c1)C(N1C(=O)c3ccccc3C1=O)C(=O)N2c1ccc(F)cc1. The molecule has 2 heterocycles. The lowest BCUT2D eigenvalue weighted by molar-refractivity contribution is -0.121. The van der Waals surface area contributed by atoms with E-state index in [9.17, 15) is 18.8 Å². The van der Waals surface area contributed by atoms with E-state index in [2.05, 4.69) is 0 Å². The number of carbonyl (C=O) groups excluding carboxylic acids is 3. The van der Waals surface area contributed by atoms with Gasteiger partial charge in [0.05, 0.1) is 23.9 Å². The number of fused-ring (bicyclic) bond motifs is 2. The zero-order valence-electron chi connectivity index (χ0n) is 15.8. The highest BCUT2D eigenvalue weighted by molar-refractivity contribution is 6.25. The van der Waals surface area contributed by atoms with E-state index in [0.717, 1.165) is 4.90 Å². The molecule has 3 aromatic rings. The van der Waals surface area contributed by atoms with E-state index >= 15 is 0 Å². The lowest BCUT2D eigenvalue weighted by Gasteiger charge is -2.22. The van der Waals surface area contributed by atoms with Gasteiger partial charge >= 0.3 is 0 Å². The van der Waals surface area contributed by atoms with Crippen molar-refractivity contribution in [1.82, 2.24) is 4.90 Å². The Bertz CT molecular complexity index is 1190. The van der Waals surface area contributed by atoms with E-state index in [0.29, 0.717) is 22.7 Å². The van der Waals surface area contributed by atoms with Crippen LogP contribution in [0.25, 0.3) is 0 Å². The largest absolute Gasteiger partial charge is 0.497 e. The molecule has 0 bridgehead atoms. The maximum atomic E-state index is 13.5. The molecule has 0 fully saturated rings. The summed E-state index contributed by atoms with van der Waals surface area (Å²) < 4.78 is 18.7. The molecule has 6 nitrogen and oxygen atoms in total. The maximum Gasteiger partial charge on any atom is 0.262 e. The molecular weight excluding hydrogens is 387 g/mol. The number of amides is 3. The molecule has 5 rings (SSSR count). The van der Waals surface area contributed by atoms with Gasteiger partial charge in [-0.05, 0) is 54.6 Å². The zero-order valence-corrected chi connectivity index (χ0v) is 15.8. The van der Waals surface area contributed by atoms with Crippen LogP contribution >= 0.6 is 0 Å². The molecule has 3 aromatic carbocycles. The molecule has 1 unspecified atom stereocenters. The van der Waals surface area contributed by atoms with Gasteiger partial charge in [0, 0.05) is 11.3 Å². The normalized spacial score (nSPS) is 17.4. The zero-order chi connectivity index (χ0) is 21.0. The van der Waals surface area contributed by atoms with Gasteiger partial charge in [0.15, 0.2) is 0 Å². The van der Waals surface area contributed by atoms with E-state index in [1.165, 1.54) is 36.3 Å². The van der Waals surface area contributed by atoms with E-state index in [1.807, 2.05) is 0 Å². The molecule has 0 saturated carbocycles. The van der Waals surface area contributed by atoms with E-state index in [-0.39, 0.29) is 11.1 Å². The summed E-state index contributed by atoms with van der Waals surface area (Å²) in [5.41, 5.74) is 1.94. The molecule has 3 amide bonds. The van der Waals surface area contributed by atoms with Gasteiger partial charge in [-0.25, -0.2) is 4.39 Å². The van der Waals surface area contributed by atoms with E-state index in [1.54, 1.807) is 42.5 Å². The minimum Gasteiger partial charge on any atom is -0.497 e. The lowest BCUT2D eigenvalue weighted by Crippen LogP contribution is -2.39.